The van der Waals surface area contributed by atoms with Crippen molar-refractivity contribution in [2.24, 2.45) is 11.7 Å². The molecular formula is C14H20N2S. The van der Waals surface area contributed by atoms with Gasteiger partial charge in [-0.2, -0.15) is 0 Å². The van der Waals surface area contributed by atoms with Gasteiger partial charge >= 0.3 is 0 Å². The van der Waals surface area contributed by atoms with Gasteiger partial charge in [-0.15, -0.1) is 11.3 Å². The van der Waals surface area contributed by atoms with Crippen LogP contribution >= 0.6 is 11.3 Å². The quantitative estimate of drug-likeness (QED) is 0.899. The molecule has 1 heterocycles. The number of anilines is 1. The van der Waals surface area contributed by atoms with Gasteiger partial charge in [0.15, 0.2) is 0 Å². The van der Waals surface area contributed by atoms with E-state index in [1.54, 1.807) is 11.3 Å². The van der Waals surface area contributed by atoms with Crippen LogP contribution in [0.3, 0.4) is 0 Å². The molecule has 0 aliphatic rings. The Morgan fingerprint density at radius 3 is 2.65 bits per heavy atom. The molecule has 0 spiro atoms. The average molecular weight is 248 g/mol. The van der Waals surface area contributed by atoms with Gasteiger partial charge in [0.2, 0.25) is 0 Å². The minimum Gasteiger partial charge on any atom is -0.369 e. The number of nitrogens with two attached hydrogens (primary N) is 1. The van der Waals surface area contributed by atoms with E-state index in [1.807, 2.05) is 0 Å². The fourth-order valence-electron chi connectivity index (χ4n) is 2.29. The Bertz CT molecular complexity index is 490. The van der Waals surface area contributed by atoms with Gasteiger partial charge in [-0.25, -0.2) is 0 Å². The Morgan fingerprint density at radius 1 is 1.29 bits per heavy atom. The summed E-state index contributed by atoms with van der Waals surface area (Å²) in [7, 11) is 2.14. The molecule has 17 heavy (non-hydrogen) atoms. The molecule has 1 unspecified atom stereocenters. The molecule has 0 bridgehead atoms. The lowest BCUT2D eigenvalue weighted by atomic mass is 10.0. The summed E-state index contributed by atoms with van der Waals surface area (Å²) < 4.78 is 1.34. The molecule has 0 aliphatic carbocycles. The summed E-state index contributed by atoms with van der Waals surface area (Å²) in [5.41, 5.74) is 7.19. The SMILES string of the molecule is CC(C)C(CN)N(C)c1csc2ccccc12. The molecule has 2 aromatic rings. The van der Waals surface area contributed by atoms with Gasteiger partial charge in [-0.3, -0.25) is 0 Å². The molecular weight excluding hydrogens is 228 g/mol. The zero-order chi connectivity index (χ0) is 12.4. The number of hydrogen-bond donors (Lipinski definition) is 1. The number of fused-ring (bicyclic) bond motifs is 1. The van der Waals surface area contributed by atoms with E-state index in [1.165, 1.54) is 15.8 Å². The first-order valence-corrected chi connectivity index (χ1v) is 6.92. The molecule has 0 amide bonds. The molecule has 0 saturated carbocycles. The summed E-state index contributed by atoms with van der Waals surface area (Å²) in [4.78, 5) is 2.32. The van der Waals surface area contributed by atoms with E-state index in [2.05, 4.69) is 55.4 Å². The normalized spacial score (nSPS) is 13.2. The molecule has 3 heteroatoms. The first-order chi connectivity index (χ1) is 8.15. The molecule has 2 rings (SSSR count). The smallest absolute Gasteiger partial charge is 0.0555 e. The molecule has 0 radical (unpaired) electrons. The maximum Gasteiger partial charge on any atom is 0.0555 e. The predicted molar refractivity (Wildman–Crippen MR) is 77.9 cm³/mol. The predicted octanol–water partition coefficient (Wildman–Crippen LogP) is 3.32. The number of nitrogens with zero attached hydrogens (tertiary/aromatic N) is 1. The Hall–Kier alpha value is -1.06. The monoisotopic (exact) mass is 248 g/mol. The molecule has 0 saturated heterocycles. The molecule has 1 aromatic heterocycles. The molecule has 2 nitrogen and oxygen atoms in total. The summed E-state index contributed by atoms with van der Waals surface area (Å²) in [5.74, 6) is 0.559. The fourth-order valence-corrected chi connectivity index (χ4v) is 3.28. The van der Waals surface area contributed by atoms with Crippen LogP contribution in [0.2, 0.25) is 0 Å². The first-order valence-electron chi connectivity index (χ1n) is 6.04. The first kappa shape index (κ1) is 12.4. The number of thiophene rings is 1. The van der Waals surface area contributed by atoms with Crippen LogP contribution in [0.1, 0.15) is 13.8 Å². The summed E-state index contributed by atoms with van der Waals surface area (Å²) in [6, 6.07) is 8.94. The van der Waals surface area contributed by atoms with Crippen LogP contribution in [0, 0.1) is 5.92 Å². The minimum atomic E-state index is 0.396. The summed E-state index contributed by atoms with van der Waals surface area (Å²) in [6.07, 6.45) is 0. The molecule has 1 atom stereocenters. The van der Waals surface area contributed by atoms with Crippen LogP contribution in [-0.4, -0.2) is 19.6 Å². The lowest BCUT2D eigenvalue weighted by Gasteiger charge is -2.31. The highest BCUT2D eigenvalue weighted by Crippen LogP contribution is 2.33. The van der Waals surface area contributed by atoms with Gasteiger partial charge in [0.05, 0.1) is 5.69 Å². The highest BCUT2D eigenvalue weighted by Gasteiger charge is 2.19. The largest absolute Gasteiger partial charge is 0.369 e. The van der Waals surface area contributed by atoms with Crippen molar-refractivity contribution < 1.29 is 0 Å². The van der Waals surface area contributed by atoms with Gasteiger partial charge in [0, 0.05) is 35.1 Å². The third-order valence-corrected chi connectivity index (χ3v) is 4.30. The highest BCUT2D eigenvalue weighted by molar-refractivity contribution is 7.17. The van der Waals surface area contributed by atoms with Gasteiger partial charge in [0.25, 0.3) is 0 Å². The van der Waals surface area contributed by atoms with Crippen LogP contribution in [0.25, 0.3) is 10.1 Å². The standard InChI is InChI=1S/C14H20N2S/c1-10(2)12(8-15)16(3)13-9-17-14-7-5-4-6-11(13)14/h4-7,9-10,12H,8,15H2,1-3H3. The van der Waals surface area contributed by atoms with E-state index in [-0.39, 0.29) is 0 Å². The number of likely N-dealkylation sites (N-methyl/N-ethyl adjacent to an activating group) is 1. The number of benzene rings is 1. The zero-order valence-corrected chi connectivity index (χ0v) is 11.5. The zero-order valence-electron chi connectivity index (χ0n) is 10.7. The molecule has 92 valence electrons. The van der Waals surface area contributed by atoms with Crippen molar-refractivity contribution in [2.75, 3.05) is 18.5 Å². The molecule has 0 fully saturated rings. The summed E-state index contributed by atoms with van der Waals surface area (Å²) in [6.45, 7) is 5.14. The summed E-state index contributed by atoms with van der Waals surface area (Å²) >= 11 is 1.80. The van der Waals surface area contributed by atoms with Crippen molar-refractivity contribution in [1.82, 2.24) is 0 Å². The molecule has 0 aliphatic heterocycles. The van der Waals surface area contributed by atoms with Crippen molar-refractivity contribution in [3.63, 3.8) is 0 Å². The van der Waals surface area contributed by atoms with E-state index in [9.17, 15) is 0 Å². The lowest BCUT2D eigenvalue weighted by molar-refractivity contribution is 0.481. The van der Waals surface area contributed by atoms with Crippen molar-refractivity contribution in [3.8, 4) is 0 Å². The molecule has 1 aromatic carbocycles. The van der Waals surface area contributed by atoms with Gasteiger partial charge in [0.1, 0.15) is 0 Å². The Balaban J connectivity index is 2.39. The number of rotatable bonds is 4. The minimum absolute atomic E-state index is 0.396. The van der Waals surface area contributed by atoms with Gasteiger partial charge < -0.3 is 10.6 Å². The van der Waals surface area contributed by atoms with Gasteiger partial charge in [-0.05, 0) is 12.0 Å². The third-order valence-electron chi connectivity index (χ3n) is 3.35. The van der Waals surface area contributed by atoms with Crippen molar-refractivity contribution in [1.29, 1.82) is 0 Å². The Labute approximate surface area is 107 Å². The van der Waals surface area contributed by atoms with Crippen molar-refractivity contribution in [3.05, 3.63) is 29.6 Å². The van der Waals surface area contributed by atoms with Crippen LogP contribution < -0.4 is 10.6 Å². The van der Waals surface area contributed by atoms with E-state index < -0.39 is 0 Å². The van der Waals surface area contributed by atoms with Crippen LogP contribution in [-0.2, 0) is 0 Å². The Morgan fingerprint density at radius 2 is 2.00 bits per heavy atom. The van der Waals surface area contributed by atoms with Gasteiger partial charge in [-0.1, -0.05) is 32.0 Å². The van der Waals surface area contributed by atoms with E-state index >= 15 is 0 Å². The van der Waals surface area contributed by atoms with E-state index in [0.717, 1.165) is 0 Å². The second-order valence-corrected chi connectivity index (χ2v) is 5.69. The van der Waals surface area contributed by atoms with Crippen molar-refractivity contribution >= 4 is 27.1 Å². The summed E-state index contributed by atoms with van der Waals surface area (Å²) in [5, 5.41) is 3.56. The number of hydrogen-bond acceptors (Lipinski definition) is 3. The van der Waals surface area contributed by atoms with Crippen molar-refractivity contribution in [2.45, 2.75) is 19.9 Å². The third kappa shape index (κ3) is 2.31. The maximum absolute atomic E-state index is 5.89. The Kier molecular flexibility index (Phi) is 3.69. The molecule has 2 N–H and O–H groups in total. The second-order valence-electron chi connectivity index (χ2n) is 4.78. The fraction of sp³-hybridized carbons (Fsp3) is 0.429. The van der Waals surface area contributed by atoms with Crippen LogP contribution in [0.15, 0.2) is 29.6 Å². The maximum atomic E-state index is 5.89. The van der Waals surface area contributed by atoms with Crippen LogP contribution in [0.5, 0.6) is 0 Å². The average Bonchev–Trinajstić information content (AvgIpc) is 2.72. The lowest BCUT2D eigenvalue weighted by Crippen LogP contribution is -2.41. The topological polar surface area (TPSA) is 29.3 Å². The highest BCUT2D eigenvalue weighted by atomic mass is 32.1. The van der Waals surface area contributed by atoms with E-state index in [4.69, 9.17) is 5.73 Å². The van der Waals surface area contributed by atoms with E-state index in [0.29, 0.717) is 18.5 Å². The van der Waals surface area contributed by atoms with Crippen LogP contribution in [0.4, 0.5) is 5.69 Å². The second kappa shape index (κ2) is 5.07.